The number of fused-ring (bicyclic) bond motifs is 1. The van der Waals surface area contributed by atoms with Gasteiger partial charge in [-0.05, 0) is 32.6 Å². The Balaban J connectivity index is 0.00000306. The third-order valence-corrected chi connectivity index (χ3v) is 6.04. The molecule has 2 aliphatic heterocycles. The fourth-order valence-corrected chi connectivity index (χ4v) is 4.19. The topological polar surface area (TPSA) is 57.0 Å². The average molecular weight is 437 g/mol. The van der Waals surface area contributed by atoms with Gasteiger partial charge in [0.2, 0.25) is 0 Å². The molecule has 168 valence electrons. The van der Waals surface area contributed by atoms with Crippen molar-refractivity contribution in [2.45, 2.75) is 27.7 Å². The molecule has 0 spiro atoms. The molecule has 2 aromatic rings. The SMILES string of the molecule is [CH-]=C1C=CC(N2CC(CN(CC)CC)C2)=CN1C(=O)C=[C-]c1cc2c(C)nc(C)cn2n1.[Li+]. The zero-order chi connectivity index (χ0) is 22.8. The summed E-state index contributed by atoms with van der Waals surface area (Å²) in [6.07, 6.45) is 11.8. The Hall–Kier alpha value is -2.59. The van der Waals surface area contributed by atoms with E-state index >= 15 is 0 Å². The molecule has 4 rings (SSSR count). The van der Waals surface area contributed by atoms with Crippen LogP contribution in [0.2, 0.25) is 0 Å². The first-order valence-electron chi connectivity index (χ1n) is 11.1. The van der Waals surface area contributed by atoms with Gasteiger partial charge in [0.05, 0.1) is 11.4 Å². The first-order chi connectivity index (χ1) is 15.4. The van der Waals surface area contributed by atoms with Crippen molar-refractivity contribution in [3.63, 3.8) is 0 Å². The number of hydrogen-bond acceptors (Lipinski definition) is 5. The first-order valence-corrected chi connectivity index (χ1v) is 11.1. The second-order valence-corrected chi connectivity index (χ2v) is 8.39. The third kappa shape index (κ3) is 5.49. The average Bonchev–Trinajstić information content (AvgIpc) is 3.15. The predicted octanol–water partition coefficient (Wildman–Crippen LogP) is -0.112. The van der Waals surface area contributed by atoms with E-state index in [1.165, 1.54) is 11.0 Å². The number of aromatic nitrogens is 3. The van der Waals surface area contributed by atoms with Gasteiger partial charge in [0, 0.05) is 49.2 Å². The molecule has 1 saturated heterocycles. The number of carbonyl (C=O) groups excluding carboxylic acids is 1. The molecular weight excluding hydrogens is 407 g/mol. The van der Waals surface area contributed by atoms with E-state index in [1.54, 1.807) is 10.6 Å². The van der Waals surface area contributed by atoms with Crippen molar-refractivity contribution in [3.05, 3.63) is 77.8 Å². The van der Waals surface area contributed by atoms with Crippen LogP contribution in [0, 0.1) is 32.4 Å². The molecule has 0 aromatic carbocycles. The summed E-state index contributed by atoms with van der Waals surface area (Å²) in [5.74, 6) is 0.397. The van der Waals surface area contributed by atoms with Crippen molar-refractivity contribution < 1.29 is 23.7 Å². The van der Waals surface area contributed by atoms with Crippen molar-refractivity contribution >= 4 is 11.4 Å². The quantitative estimate of drug-likeness (QED) is 0.344. The number of nitrogens with zero attached hydrogens (tertiary/aromatic N) is 6. The van der Waals surface area contributed by atoms with Gasteiger partial charge < -0.3 is 19.5 Å². The van der Waals surface area contributed by atoms with Gasteiger partial charge in [0.1, 0.15) is 5.91 Å². The minimum atomic E-state index is -0.257. The maximum absolute atomic E-state index is 12.8. The van der Waals surface area contributed by atoms with Crippen LogP contribution in [0.4, 0.5) is 0 Å². The molecule has 0 N–H and O–H groups in total. The minimum Gasteiger partial charge on any atom is -0.371 e. The Morgan fingerprint density at radius 1 is 1.27 bits per heavy atom. The molecule has 0 unspecified atom stereocenters. The van der Waals surface area contributed by atoms with Crippen LogP contribution < -0.4 is 18.9 Å². The largest absolute Gasteiger partial charge is 1.00 e. The summed E-state index contributed by atoms with van der Waals surface area (Å²) in [7, 11) is 0. The van der Waals surface area contributed by atoms with Crippen LogP contribution in [0.3, 0.4) is 0 Å². The number of aryl methyl sites for hydroxylation is 2. The Labute approximate surface area is 208 Å². The van der Waals surface area contributed by atoms with Gasteiger partial charge in [-0.2, -0.15) is 11.2 Å². The van der Waals surface area contributed by atoms with Gasteiger partial charge in [-0.15, -0.1) is 30.0 Å². The predicted molar refractivity (Wildman–Crippen MR) is 124 cm³/mol. The summed E-state index contributed by atoms with van der Waals surface area (Å²) in [6, 6.07) is 1.87. The molecule has 33 heavy (non-hydrogen) atoms. The normalized spacial score (nSPS) is 16.5. The number of rotatable bonds is 7. The smallest absolute Gasteiger partial charge is 0.371 e. The molecule has 0 bridgehead atoms. The van der Waals surface area contributed by atoms with E-state index in [0.717, 1.165) is 55.3 Å². The number of likely N-dealkylation sites (tertiary alicyclic amines) is 1. The third-order valence-electron chi connectivity index (χ3n) is 6.04. The molecule has 2 aliphatic rings. The van der Waals surface area contributed by atoms with Gasteiger partial charge in [0.25, 0.3) is 0 Å². The number of carbonyl (C=O) groups is 1. The second kappa shape index (κ2) is 10.6. The number of hydrogen-bond donors (Lipinski definition) is 0. The monoisotopic (exact) mass is 437 g/mol. The number of allylic oxidation sites excluding steroid dienone is 2. The molecule has 0 aliphatic carbocycles. The van der Waals surface area contributed by atoms with Crippen LogP contribution in [-0.2, 0) is 4.79 Å². The van der Waals surface area contributed by atoms with Crippen LogP contribution in [0.1, 0.15) is 30.9 Å². The van der Waals surface area contributed by atoms with E-state index in [9.17, 15) is 4.79 Å². The van der Waals surface area contributed by atoms with Crippen LogP contribution in [0.15, 0.2) is 48.1 Å². The molecule has 2 aromatic heterocycles. The first kappa shape index (κ1) is 25.0. The Morgan fingerprint density at radius 2 is 2.00 bits per heavy atom. The fourth-order valence-electron chi connectivity index (χ4n) is 4.19. The summed E-state index contributed by atoms with van der Waals surface area (Å²) in [6.45, 7) is 19.6. The van der Waals surface area contributed by atoms with E-state index in [1.807, 2.05) is 38.4 Å². The van der Waals surface area contributed by atoms with Gasteiger partial charge in [-0.3, -0.25) is 16.1 Å². The van der Waals surface area contributed by atoms with Crippen molar-refractivity contribution in [2.75, 3.05) is 32.7 Å². The van der Waals surface area contributed by atoms with Gasteiger partial charge in [0.15, 0.2) is 0 Å². The van der Waals surface area contributed by atoms with Crippen molar-refractivity contribution in [2.24, 2.45) is 5.92 Å². The van der Waals surface area contributed by atoms with E-state index in [2.05, 4.69) is 39.8 Å². The Kier molecular flexibility index (Phi) is 8.01. The Bertz CT molecular complexity index is 1120. The van der Waals surface area contributed by atoms with E-state index < -0.39 is 0 Å². The van der Waals surface area contributed by atoms with Crippen LogP contribution >= 0.6 is 0 Å². The standard InChI is InChI=1S/C25H30N6O.Li/c1-6-28(7-2)14-21-15-29(16-21)23-10-8-19(4)30(17-23)25(32)11-9-22-12-24-20(5)26-18(3)13-31(24)27-22;/h4,8,10-13,17,21H,6-7,14-16H2,1-3,5H3;/q-2;+1. The van der Waals surface area contributed by atoms with Crippen LogP contribution in [-0.4, -0.2) is 67.9 Å². The zero-order valence-electron chi connectivity index (χ0n) is 20.2. The van der Waals surface area contributed by atoms with Crippen LogP contribution in [0.25, 0.3) is 5.52 Å². The molecule has 8 heteroatoms. The maximum Gasteiger partial charge on any atom is 1.00 e. The molecule has 0 radical (unpaired) electrons. The van der Waals surface area contributed by atoms with Gasteiger partial charge >= 0.3 is 18.9 Å². The van der Waals surface area contributed by atoms with Gasteiger partial charge in [-0.25, -0.2) is 0 Å². The van der Waals surface area contributed by atoms with E-state index in [-0.39, 0.29) is 24.8 Å². The van der Waals surface area contributed by atoms with Crippen molar-refractivity contribution in [1.82, 2.24) is 29.3 Å². The molecule has 1 amide bonds. The summed E-state index contributed by atoms with van der Waals surface area (Å²) in [5.41, 5.74) is 4.63. The second-order valence-electron chi connectivity index (χ2n) is 8.39. The summed E-state index contributed by atoms with van der Waals surface area (Å²) < 4.78 is 1.76. The fraction of sp³-hybridized carbons (Fsp3) is 0.400. The molecular formula is C25H30LiN6O-. The molecule has 1 fully saturated rings. The summed E-state index contributed by atoms with van der Waals surface area (Å²) in [4.78, 5) is 23.5. The number of amides is 1. The maximum atomic E-state index is 12.8. The van der Waals surface area contributed by atoms with Crippen molar-refractivity contribution in [3.8, 4) is 0 Å². The Morgan fingerprint density at radius 3 is 2.70 bits per heavy atom. The van der Waals surface area contributed by atoms with Crippen LogP contribution in [0.5, 0.6) is 0 Å². The van der Waals surface area contributed by atoms with Crippen molar-refractivity contribution in [1.29, 1.82) is 0 Å². The summed E-state index contributed by atoms with van der Waals surface area (Å²) >= 11 is 0. The molecule has 7 nitrogen and oxygen atoms in total. The molecule has 0 atom stereocenters. The zero-order valence-corrected chi connectivity index (χ0v) is 20.2. The minimum absolute atomic E-state index is 0. The van der Waals surface area contributed by atoms with E-state index in [4.69, 9.17) is 6.58 Å². The van der Waals surface area contributed by atoms with E-state index in [0.29, 0.717) is 17.3 Å². The van der Waals surface area contributed by atoms with Gasteiger partial charge in [-0.1, -0.05) is 13.8 Å². The summed E-state index contributed by atoms with van der Waals surface area (Å²) in [5, 5.41) is 4.47. The molecule has 4 heterocycles. The molecule has 0 saturated carbocycles.